The third-order valence-corrected chi connectivity index (χ3v) is 5.52. The predicted octanol–water partition coefficient (Wildman–Crippen LogP) is 3.69. The van der Waals surface area contributed by atoms with Crippen molar-refractivity contribution in [2.45, 2.75) is 44.7 Å². The number of fused-ring (bicyclic) bond motifs is 1. The minimum atomic E-state index is 0.835. The molecule has 0 unspecified atom stereocenters. The van der Waals surface area contributed by atoms with E-state index in [4.69, 9.17) is 0 Å². The third-order valence-electron chi connectivity index (χ3n) is 5.52. The molecule has 2 saturated heterocycles. The van der Waals surface area contributed by atoms with Crippen LogP contribution in [0.1, 0.15) is 37.7 Å². The van der Waals surface area contributed by atoms with Crippen molar-refractivity contribution in [3.63, 3.8) is 0 Å². The van der Waals surface area contributed by atoms with Crippen molar-refractivity contribution in [1.29, 1.82) is 0 Å². The topological polar surface area (TPSA) is 19.4 Å². The number of para-hydroxylation sites is 1. The number of pyridine rings is 1. The molecule has 0 aliphatic carbocycles. The van der Waals surface area contributed by atoms with Crippen molar-refractivity contribution in [1.82, 2.24) is 14.8 Å². The summed E-state index contributed by atoms with van der Waals surface area (Å²) in [6.07, 6.45) is 8.97. The Bertz CT molecular complexity index is 640. The van der Waals surface area contributed by atoms with Gasteiger partial charge in [0.25, 0.3) is 0 Å². The van der Waals surface area contributed by atoms with Gasteiger partial charge in [0.2, 0.25) is 0 Å². The highest BCUT2D eigenvalue weighted by atomic mass is 15.2. The van der Waals surface area contributed by atoms with E-state index < -0.39 is 0 Å². The van der Waals surface area contributed by atoms with Crippen LogP contribution in [-0.2, 0) is 6.54 Å². The lowest BCUT2D eigenvalue weighted by atomic mass is 9.99. The highest BCUT2D eigenvalue weighted by Crippen LogP contribution is 2.22. The third kappa shape index (κ3) is 3.56. The van der Waals surface area contributed by atoms with Crippen molar-refractivity contribution in [2.75, 3.05) is 26.2 Å². The van der Waals surface area contributed by atoms with Gasteiger partial charge in [-0.2, -0.15) is 0 Å². The van der Waals surface area contributed by atoms with E-state index in [0.29, 0.717) is 0 Å². The smallest absolute Gasteiger partial charge is 0.0702 e. The fourth-order valence-electron chi connectivity index (χ4n) is 4.19. The van der Waals surface area contributed by atoms with E-state index in [-0.39, 0.29) is 0 Å². The Morgan fingerprint density at radius 3 is 2.57 bits per heavy atom. The highest BCUT2D eigenvalue weighted by molar-refractivity contribution is 5.78. The van der Waals surface area contributed by atoms with Crippen LogP contribution >= 0.6 is 0 Å². The molecule has 122 valence electrons. The van der Waals surface area contributed by atoms with E-state index >= 15 is 0 Å². The summed E-state index contributed by atoms with van der Waals surface area (Å²) in [6.45, 7) is 6.17. The Morgan fingerprint density at radius 1 is 0.957 bits per heavy atom. The Labute approximate surface area is 139 Å². The van der Waals surface area contributed by atoms with E-state index in [1.54, 1.807) is 0 Å². The van der Waals surface area contributed by atoms with Crippen molar-refractivity contribution in [3.05, 3.63) is 42.1 Å². The lowest BCUT2D eigenvalue weighted by Crippen LogP contribution is -2.46. The maximum Gasteiger partial charge on any atom is 0.0702 e. The molecule has 0 radical (unpaired) electrons. The average molecular weight is 309 g/mol. The molecule has 1 aromatic carbocycles. The standard InChI is InChI=1S/C20H27N3/c1-4-10-23(11-5-1)19-8-12-22(13-9-19)16-17-14-18-6-2-3-7-20(18)21-15-17/h2-3,6-7,14-15,19H,1,4-5,8-13,16H2. The van der Waals surface area contributed by atoms with Crippen LogP contribution in [0.2, 0.25) is 0 Å². The van der Waals surface area contributed by atoms with Gasteiger partial charge in [-0.05, 0) is 69.6 Å². The summed E-state index contributed by atoms with van der Waals surface area (Å²) >= 11 is 0. The van der Waals surface area contributed by atoms with Gasteiger partial charge in [-0.1, -0.05) is 24.6 Å². The van der Waals surface area contributed by atoms with Gasteiger partial charge >= 0.3 is 0 Å². The number of piperidine rings is 2. The number of nitrogens with zero attached hydrogens (tertiary/aromatic N) is 3. The largest absolute Gasteiger partial charge is 0.300 e. The molecule has 3 heterocycles. The first-order valence-corrected chi connectivity index (χ1v) is 9.18. The minimum absolute atomic E-state index is 0.835. The molecule has 0 atom stereocenters. The SMILES string of the molecule is c1ccc2ncc(CN3CCC(N4CCCCC4)CC3)cc2c1. The van der Waals surface area contributed by atoms with Crippen LogP contribution in [0.3, 0.4) is 0 Å². The molecule has 0 N–H and O–H groups in total. The number of hydrogen-bond acceptors (Lipinski definition) is 3. The maximum absolute atomic E-state index is 4.60. The lowest BCUT2D eigenvalue weighted by Gasteiger charge is -2.40. The summed E-state index contributed by atoms with van der Waals surface area (Å²) in [5.74, 6) is 0. The first-order chi connectivity index (χ1) is 11.4. The van der Waals surface area contributed by atoms with E-state index in [2.05, 4.69) is 51.3 Å². The quantitative estimate of drug-likeness (QED) is 0.862. The van der Waals surface area contributed by atoms with E-state index in [9.17, 15) is 0 Å². The molecule has 0 bridgehead atoms. The van der Waals surface area contributed by atoms with Crippen LogP contribution in [0.25, 0.3) is 10.9 Å². The molecular weight excluding hydrogens is 282 g/mol. The summed E-state index contributed by atoms with van der Waals surface area (Å²) in [5, 5.41) is 1.26. The van der Waals surface area contributed by atoms with Gasteiger partial charge in [-0.25, -0.2) is 0 Å². The molecule has 2 fully saturated rings. The first-order valence-electron chi connectivity index (χ1n) is 9.18. The van der Waals surface area contributed by atoms with Gasteiger partial charge in [-0.3, -0.25) is 9.88 Å². The second kappa shape index (κ2) is 6.98. The Kier molecular flexibility index (Phi) is 4.58. The van der Waals surface area contributed by atoms with Gasteiger partial charge in [0, 0.05) is 24.2 Å². The summed E-state index contributed by atoms with van der Waals surface area (Å²) < 4.78 is 0. The molecule has 0 spiro atoms. The zero-order valence-corrected chi connectivity index (χ0v) is 14.0. The van der Waals surface area contributed by atoms with Crippen molar-refractivity contribution in [2.24, 2.45) is 0 Å². The monoisotopic (exact) mass is 309 g/mol. The minimum Gasteiger partial charge on any atom is -0.300 e. The van der Waals surface area contributed by atoms with Crippen molar-refractivity contribution < 1.29 is 0 Å². The van der Waals surface area contributed by atoms with Crippen LogP contribution in [-0.4, -0.2) is 47.0 Å². The van der Waals surface area contributed by atoms with Gasteiger partial charge in [0.1, 0.15) is 0 Å². The highest BCUT2D eigenvalue weighted by Gasteiger charge is 2.25. The molecular formula is C20H27N3. The van der Waals surface area contributed by atoms with Gasteiger partial charge in [0.05, 0.1) is 5.52 Å². The Hall–Kier alpha value is -1.45. The van der Waals surface area contributed by atoms with Crippen LogP contribution in [0.15, 0.2) is 36.5 Å². The Balaban J connectivity index is 1.34. The molecule has 0 saturated carbocycles. The fraction of sp³-hybridized carbons (Fsp3) is 0.550. The molecule has 4 rings (SSSR count). The van der Waals surface area contributed by atoms with Gasteiger partial charge < -0.3 is 4.90 Å². The number of rotatable bonds is 3. The fourth-order valence-corrected chi connectivity index (χ4v) is 4.19. The van der Waals surface area contributed by atoms with Crippen LogP contribution in [0.4, 0.5) is 0 Å². The molecule has 3 heteroatoms. The van der Waals surface area contributed by atoms with E-state index in [1.165, 1.54) is 69.2 Å². The number of aromatic nitrogens is 1. The summed E-state index contributed by atoms with van der Waals surface area (Å²) in [7, 11) is 0. The predicted molar refractivity (Wildman–Crippen MR) is 95.5 cm³/mol. The molecule has 2 aromatic rings. The van der Waals surface area contributed by atoms with Crippen molar-refractivity contribution in [3.8, 4) is 0 Å². The zero-order valence-electron chi connectivity index (χ0n) is 14.0. The van der Waals surface area contributed by atoms with Gasteiger partial charge in [-0.15, -0.1) is 0 Å². The molecule has 3 nitrogen and oxygen atoms in total. The van der Waals surface area contributed by atoms with Crippen molar-refractivity contribution >= 4 is 10.9 Å². The summed E-state index contributed by atoms with van der Waals surface area (Å²) in [6, 6.07) is 11.5. The maximum atomic E-state index is 4.60. The molecule has 2 aliphatic rings. The van der Waals surface area contributed by atoms with Crippen LogP contribution < -0.4 is 0 Å². The van der Waals surface area contributed by atoms with Crippen LogP contribution in [0.5, 0.6) is 0 Å². The summed E-state index contributed by atoms with van der Waals surface area (Å²) in [5.41, 5.74) is 2.44. The first kappa shape index (κ1) is 15.1. The average Bonchev–Trinajstić information content (AvgIpc) is 2.63. The number of benzene rings is 1. The van der Waals surface area contributed by atoms with E-state index in [0.717, 1.165) is 18.1 Å². The Morgan fingerprint density at radius 2 is 1.74 bits per heavy atom. The van der Waals surface area contributed by atoms with Crippen LogP contribution in [0, 0.1) is 0 Å². The van der Waals surface area contributed by atoms with Gasteiger partial charge in [0.15, 0.2) is 0 Å². The number of hydrogen-bond donors (Lipinski definition) is 0. The number of likely N-dealkylation sites (tertiary alicyclic amines) is 2. The molecule has 2 aliphatic heterocycles. The molecule has 0 amide bonds. The molecule has 23 heavy (non-hydrogen) atoms. The second-order valence-electron chi connectivity index (χ2n) is 7.14. The lowest BCUT2D eigenvalue weighted by molar-refractivity contribution is 0.0896. The normalized spacial score (nSPS) is 21.7. The second-order valence-corrected chi connectivity index (χ2v) is 7.14. The zero-order chi connectivity index (χ0) is 15.5. The van der Waals surface area contributed by atoms with E-state index in [1.807, 2.05) is 0 Å². The molecule has 1 aromatic heterocycles. The summed E-state index contributed by atoms with van der Waals surface area (Å²) in [4.78, 5) is 9.95.